The zero-order valence-corrected chi connectivity index (χ0v) is 13.6. The number of nitrogens with zero attached hydrogens (tertiary/aromatic N) is 1. The van der Waals surface area contributed by atoms with Gasteiger partial charge in [0.25, 0.3) is 0 Å². The minimum Gasteiger partial charge on any atom is -0.212 e. The van der Waals surface area contributed by atoms with Crippen LogP contribution < -0.4 is 4.72 Å². The summed E-state index contributed by atoms with van der Waals surface area (Å²) >= 11 is 0. The molecular formula is C16H24N2O2S. The Balaban J connectivity index is 2.78. The van der Waals surface area contributed by atoms with E-state index in [1.807, 2.05) is 6.07 Å². The Hall–Kier alpha value is -1.38. The van der Waals surface area contributed by atoms with Gasteiger partial charge in [-0.25, -0.2) is 13.1 Å². The predicted octanol–water partition coefficient (Wildman–Crippen LogP) is 3.34. The zero-order chi connectivity index (χ0) is 15.7. The van der Waals surface area contributed by atoms with E-state index in [0.29, 0.717) is 11.1 Å². The summed E-state index contributed by atoms with van der Waals surface area (Å²) in [7, 11) is -3.42. The van der Waals surface area contributed by atoms with E-state index in [-0.39, 0.29) is 11.8 Å². The van der Waals surface area contributed by atoms with Crippen molar-refractivity contribution >= 4 is 10.0 Å². The molecule has 1 atom stereocenters. The van der Waals surface area contributed by atoms with Crippen LogP contribution in [-0.2, 0) is 15.8 Å². The average molecular weight is 308 g/mol. The van der Waals surface area contributed by atoms with Crippen LogP contribution in [0.4, 0.5) is 0 Å². The number of hydrogen-bond donors (Lipinski definition) is 1. The fraction of sp³-hybridized carbons (Fsp3) is 0.562. The first-order valence-corrected chi connectivity index (χ1v) is 9.15. The standard InChI is InChI=1S/C16H24N2O2S/c1-3-5-11-16(8-4-2)18-21(19,20)13-15-10-7-6-9-14(15)12-17/h6-7,9-10,16,18H,3-5,8,11,13H2,1-2H3. The van der Waals surface area contributed by atoms with Crippen LogP contribution in [0.1, 0.15) is 57.1 Å². The van der Waals surface area contributed by atoms with Crippen molar-refractivity contribution in [2.45, 2.75) is 57.7 Å². The lowest BCUT2D eigenvalue weighted by molar-refractivity contribution is 0.483. The third-order valence-electron chi connectivity index (χ3n) is 3.37. The number of unbranched alkanes of at least 4 members (excludes halogenated alkanes) is 1. The molecule has 0 spiro atoms. The molecule has 1 N–H and O–H groups in total. The molecule has 0 radical (unpaired) electrons. The van der Waals surface area contributed by atoms with Gasteiger partial charge in [0, 0.05) is 6.04 Å². The van der Waals surface area contributed by atoms with Crippen LogP contribution >= 0.6 is 0 Å². The highest BCUT2D eigenvalue weighted by atomic mass is 32.2. The number of nitriles is 1. The second-order valence-corrected chi connectivity index (χ2v) is 7.03. The molecule has 21 heavy (non-hydrogen) atoms. The van der Waals surface area contributed by atoms with Crippen molar-refractivity contribution in [3.8, 4) is 6.07 Å². The van der Waals surface area contributed by atoms with Gasteiger partial charge in [0.05, 0.1) is 17.4 Å². The van der Waals surface area contributed by atoms with E-state index < -0.39 is 10.0 Å². The molecule has 0 aliphatic rings. The van der Waals surface area contributed by atoms with Crippen LogP contribution in [0, 0.1) is 11.3 Å². The van der Waals surface area contributed by atoms with Gasteiger partial charge in [-0.3, -0.25) is 0 Å². The Morgan fingerprint density at radius 1 is 1.19 bits per heavy atom. The molecule has 0 amide bonds. The van der Waals surface area contributed by atoms with Crippen LogP contribution in [0.5, 0.6) is 0 Å². The van der Waals surface area contributed by atoms with Crippen molar-refractivity contribution in [1.82, 2.24) is 4.72 Å². The summed E-state index contributed by atoms with van der Waals surface area (Å²) in [4.78, 5) is 0. The first-order chi connectivity index (χ1) is 10.0. The highest BCUT2D eigenvalue weighted by Crippen LogP contribution is 2.14. The number of hydrogen-bond acceptors (Lipinski definition) is 3. The smallest absolute Gasteiger partial charge is 0.212 e. The fourth-order valence-electron chi connectivity index (χ4n) is 2.32. The number of rotatable bonds is 9. The molecule has 0 saturated carbocycles. The Bertz CT molecular complexity index is 576. The van der Waals surface area contributed by atoms with E-state index in [1.54, 1.807) is 24.3 Å². The van der Waals surface area contributed by atoms with Crippen molar-refractivity contribution in [3.05, 3.63) is 35.4 Å². The molecule has 0 heterocycles. The largest absolute Gasteiger partial charge is 0.216 e. The van der Waals surface area contributed by atoms with Crippen LogP contribution in [0.25, 0.3) is 0 Å². The minimum atomic E-state index is -3.42. The molecule has 0 aliphatic carbocycles. The molecule has 1 unspecified atom stereocenters. The molecule has 116 valence electrons. The quantitative estimate of drug-likeness (QED) is 0.760. The van der Waals surface area contributed by atoms with Crippen molar-refractivity contribution in [3.63, 3.8) is 0 Å². The summed E-state index contributed by atoms with van der Waals surface area (Å²) in [6.45, 7) is 4.15. The molecule has 0 aliphatic heterocycles. The molecule has 0 bridgehead atoms. The summed E-state index contributed by atoms with van der Waals surface area (Å²) in [5.74, 6) is -0.136. The maximum absolute atomic E-state index is 12.3. The summed E-state index contributed by atoms with van der Waals surface area (Å²) in [5, 5.41) is 9.03. The highest BCUT2D eigenvalue weighted by molar-refractivity contribution is 7.88. The van der Waals surface area contributed by atoms with Gasteiger partial charge in [0.1, 0.15) is 0 Å². The maximum atomic E-state index is 12.3. The van der Waals surface area contributed by atoms with Crippen LogP contribution in [0.2, 0.25) is 0 Å². The van der Waals surface area contributed by atoms with Gasteiger partial charge in [-0.2, -0.15) is 5.26 Å². The lowest BCUT2D eigenvalue weighted by Crippen LogP contribution is -2.35. The Morgan fingerprint density at radius 2 is 1.90 bits per heavy atom. The summed E-state index contributed by atoms with van der Waals surface area (Å²) in [6, 6.07) is 8.87. The van der Waals surface area contributed by atoms with E-state index in [4.69, 9.17) is 5.26 Å². The van der Waals surface area contributed by atoms with Gasteiger partial charge < -0.3 is 0 Å². The zero-order valence-electron chi connectivity index (χ0n) is 12.8. The summed E-state index contributed by atoms with van der Waals surface area (Å²) in [6.07, 6.45) is 4.73. The predicted molar refractivity (Wildman–Crippen MR) is 85.1 cm³/mol. The van der Waals surface area contributed by atoms with E-state index in [0.717, 1.165) is 32.1 Å². The summed E-state index contributed by atoms with van der Waals surface area (Å²) in [5.41, 5.74) is 0.974. The molecule has 1 rings (SSSR count). The Morgan fingerprint density at radius 3 is 2.52 bits per heavy atom. The second kappa shape index (κ2) is 8.81. The maximum Gasteiger partial charge on any atom is 0.216 e. The van der Waals surface area contributed by atoms with Gasteiger partial charge in [-0.15, -0.1) is 0 Å². The van der Waals surface area contributed by atoms with Crippen LogP contribution in [0.3, 0.4) is 0 Å². The van der Waals surface area contributed by atoms with Gasteiger partial charge in [0.15, 0.2) is 0 Å². The Labute approximate surface area is 128 Å². The molecule has 1 aromatic rings. The number of benzene rings is 1. The molecule has 4 nitrogen and oxygen atoms in total. The van der Waals surface area contributed by atoms with Crippen molar-refractivity contribution in [1.29, 1.82) is 5.26 Å². The number of sulfonamides is 1. The van der Waals surface area contributed by atoms with E-state index in [9.17, 15) is 8.42 Å². The van der Waals surface area contributed by atoms with E-state index in [1.165, 1.54) is 0 Å². The van der Waals surface area contributed by atoms with Gasteiger partial charge >= 0.3 is 0 Å². The first kappa shape index (κ1) is 17.7. The molecular weight excluding hydrogens is 284 g/mol. The minimum absolute atomic E-state index is 0.00537. The average Bonchev–Trinajstić information content (AvgIpc) is 2.45. The van der Waals surface area contributed by atoms with Crippen molar-refractivity contribution < 1.29 is 8.42 Å². The molecule has 0 fully saturated rings. The molecule has 1 aromatic carbocycles. The van der Waals surface area contributed by atoms with Gasteiger partial charge in [-0.05, 0) is 24.5 Å². The summed E-state index contributed by atoms with van der Waals surface area (Å²) < 4.78 is 27.4. The lowest BCUT2D eigenvalue weighted by atomic mass is 10.1. The fourth-order valence-corrected chi connectivity index (χ4v) is 3.80. The van der Waals surface area contributed by atoms with Crippen molar-refractivity contribution in [2.24, 2.45) is 0 Å². The molecule has 5 heteroatoms. The molecule has 0 aromatic heterocycles. The topological polar surface area (TPSA) is 70.0 Å². The van der Waals surface area contributed by atoms with Crippen LogP contribution in [0.15, 0.2) is 24.3 Å². The second-order valence-electron chi connectivity index (χ2n) is 5.27. The van der Waals surface area contributed by atoms with Gasteiger partial charge in [-0.1, -0.05) is 51.3 Å². The van der Waals surface area contributed by atoms with E-state index >= 15 is 0 Å². The van der Waals surface area contributed by atoms with Gasteiger partial charge in [0.2, 0.25) is 10.0 Å². The lowest BCUT2D eigenvalue weighted by Gasteiger charge is -2.18. The normalized spacial score (nSPS) is 12.8. The third kappa shape index (κ3) is 6.28. The SMILES string of the molecule is CCCCC(CCC)NS(=O)(=O)Cc1ccccc1C#N. The first-order valence-electron chi connectivity index (χ1n) is 7.50. The monoisotopic (exact) mass is 308 g/mol. The molecule has 0 saturated heterocycles. The number of nitrogens with one attached hydrogen (secondary N) is 1. The van der Waals surface area contributed by atoms with Crippen molar-refractivity contribution in [2.75, 3.05) is 0 Å². The van der Waals surface area contributed by atoms with E-state index in [2.05, 4.69) is 18.6 Å². The highest BCUT2D eigenvalue weighted by Gasteiger charge is 2.18. The van der Waals surface area contributed by atoms with Crippen LogP contribution in [-0.4, -0.2) is 14.5 Å². The Kier molecular flexibility index (Phi) is 7.41. The third-order valence-corrected chi connectivity index (χ3v) is 4.76.